The van der Waals surface area contributed by atoms with Crippen LogP contribution in [0, 0.1) is 19.8 Å². The normalized spacial score (nSPS) is 17.5. The summed E-state index contributed by atoms with van der Waals surface area (Å²) < 4.78 is 74.7. The van der Waals surface area contributed by atoms with Gasteiger partial charge < -0.3 is 10.1 Å². The number of nitrogens with zero attached hydrogens (tertiary/aromatic N) is 2. The van der Waals surface area contributed by atoms with Crippen molar-refractivity contribution in [2.75, 3.05) is 19.6 Å². The van der Waals surface area contributed by atoms with Crippen LogP contribution >= 0.6 is 0 Å². The third-order valence-corrected chi connectivity index (χ3v) is 7.41. The van der Waals surface area contributed by atoms with Crippen LogP contribution in [-0.4, -0.2) is 43.9 Å². The SMILES string of the molecule is Cc1cc(C)n(-c2ccc(S(=O)(=O)NC[C@@H](Oc3ccc(C(F)(F)F)cc3)C3CCNC3)cc2)n1. The van der Waals surface area contributed by atoms with Gasteiger partial charge in [0.1, 0.15) is 11.9 Å². The summed E-state index contributed by atoms with van der Waals surface area (Å²) in [6.07, 6.45) is -4.22. The fourth-order valence-corrected chi connectivity index (χ4v) is 5.17. The van der Waals surface area contributed by atoms with Gasteiger partial charge in [0.15, 0.2) is 0 Å². The average Bonchev–Trinajstić information content (AvgIpc) is 3.46. The van der Waals surface area contributed by atoms with E-state index >= 15 is 0 Å². The molecule has 0 amide bonds. The zero-order valence-electron chi connectivity index (χ0n) is 19.3. The summed E-state index contributed by atoms with van der Waals surface area (Å²) in [5.41, 5.74) is 1.77. The Hall–Kier alpha value is -2.89. The summed E-state index contributed by atoms with van der Waals surface area (Å²) in [6, 6.07) is 12.7. The van der Waals surface area contributed by atoms with E-state index in [-0.39, 0.29) is 23.1 Å². The van der Waals surface area contributed by atoms with Crippen molar-refractivity contribution in [2.24, 2.45) is 5.92 Å². The highest BCUT2D eigenvalue weighted by molar-refractivity contribution is 7.89. The predicted octanol–water partition coefficient (Wildman–Crippen LogP) is 3.84. The van der Waals surface area contributed by atoms with E-state index in [9.17, 15) is 21.6 Å². The molecule has 35 heavy (non-hydrogen) atoms. The van der Waals surface area contributed by atoms with Gasteiger partial charge in [-0.3, -0.25) is 0 Å². The summed E-state index contributed by atoms with van der Waals surface area (Å²) in [4.78, 5) is 0.0978. The summed E-state index contributed by atoms with van der Waals surface area (Å²) >= 11 is 0. The molecule has 1 saturated heterocycles. The van der Waals surface area contributed by atoms with E-state index in [0.29, 0.717) is 6.54 Å². The number of alkyl halides is 3. The van der Waals surface area contributed by atoms with Crippen molar-refractivity contribution in [1.82, 2.24) is 19.8 Å². The summed E-state index contributed by atoms with van der Waals surface area (Å²) in [7, 11) is -3.84. The number of benzene rings is 2. The monoisotopic (exact) mass is 508 g/mol. The number of hydrogen-bond donors (Lipinski definition) is 2. The molecule has 1 aromatic heterocycles. The highest BCUT2D eigenvalue weighted by atomic mass is 32.2. The molecule has 0 bridgehead atoms. The van der Waals surface area contributed by atoms with Crippen LogP contribution in [0.4, 0.5) is 13.2 Å². The molecule has 3 aromatic rings. The Kier molecular flexibility index (Phi) is 7.20. The molecule has 4 rings (SSSR count). The summed E-state index contributed by atoms with van der Waals surface area (Å²) in [5, 5.41) is 7.61. The zero-order valence-corrected chi connectivity index (χ0v) is 20.2. The first-order valence-electron chi connectivity index (χ1n) is 11.2. The lowest BCUT2D eigenvalue weighted by atomic mass is 10.0. The Bertz CT molecular complexity index is 1250. The minimum absolute atomic E-state index is 0.00778. The van der Waals surface area contributed by atoms with Gasteiger partial charge >= 0.3 is 6.18 Å². The van der Waals surface area contributed by atoms with E-state index in [4.69, 9.17) is 4.74 Å². The van der Waals surface area contributed by atoms with Gasteiger partial charge in [0.05, 0.1) is 21.8 Å². The molecule has 2 aromatic carbocycles. The van der Waals surface area contributed by atoms with E-state index in [0.717, 1.165) is 42.2 Å². The van der Waals surface area contributed by atoms with Crippen molar-refractivity contribution < 1.29 is 26.3 Å². The number of ether oxygens (including phenoxy) is 1. The Morgan fingerprint density at radius 1 is 1.14 bits per heavy atom. The van der Waals surface area contributed by atoms with E-state index in [1.54, 1.807) is 16.8 Å². The zero-order chi connectivity index (χ0) is 25.2. The van der Waals surface area contributed by atoms with Gasteiger partial charge in [0.2, 0.25) is 10.0 Å². The number of halogens is 3. The van der Waals surface area contributed by atoms with E-state index in [1.807, 2.05) is 19.9 Å². The first kappa shape index (κ1) is 25.2. The molecule has 1 aliphatic rings. The highest BCUT2D eigenvalue weighted by Gasteiger charge is 2.31. The van der Waals surface area contributed by atoms with Crippen molar-refractivity contribution in [3.63, 3.8) is 0 Å². The molecule has 0 saturated carbocycles. The quantitative estimate of drug-likeness (QED) is 0.483. The first-order valence-corrected chi connectivity index (χ1v) is 12.7. The Labute approximate surface area is 202 Å². The molecule has 2 atom stereocenters. The second-order valence-electron chi connectivity index (χ2n) is 8.62. The minimum Gasteiger partial charge on any atom is -0.489 e. The van der Waals surface area contributed by atoms with Crippen LogP contribution < -0.4 is 14.8 Å². The molecule has 2 heterocycles. The Balaban J connectivity index is 1.46. The van der Waals surface area contributed by atoms with Crippen LogP contribution in [0.25, 0.3) is 5.69 Å². The number of hydrogen-bond acceptors (Lipinski definition) is 5. The standard InChI is InChI=1S/C24H27F3N4O3S/c1-16-13-17(2)31(30-16)20-5-9-22(10-6-20)35(32,33)29-15-23(18-11-12-28-14-18)34-21-7-3-19(4-8-21)24(25,26)27/h3-10,13,18,23,28-29H,11-12,14-15H2,1-2H3/t18?,23-/m1/s1. The molecule has 0 radical (unpaired) electrons. The van der Waals surface area contributed by atoms with E-state index in [2.05, 4.69) is 15.1 Å². The van der Waals surface area contributed by atoms with Crippen LogP contribution in [-0.2, 0) is 16.2 Å². The van der Waals surface area contributed by atoms with Crippen LogP contribution in [0.2, 0.25) is 0 Å². The number of aryl methyl sites for hydroxylation is 2. The Morgan fingerprint density at radius 2 is 1.83 bits per heavy atom. The van der Waals surface area contributed by atoms with Crippen LogP contribution in [0.15, 0.2) is 59.5 Å². The molecular weight excluding hydrogens is 481 g/mol. The van der Waals surface area contributed by atoms with Gasteiger partial charge in [-0.25, -0.2) is 17.8 Å². The summed E-state index contributed by atoms with van der Waals surface area (Å²) in [6.45, 7) is 5.17. The third kappa shape index (κ3) is 6.03. The van der Waals surface area contributed by atoms with Gasteiger partial charge in [-0.15, -0.1) is 0 Å². The molecule has 0 aliphatic carbocycles. The van der Waals surface area contributed by atoms with Gasteiger partial charge in [-0.1, -0.05) is 0 Å². The van der Waals surface area contributed by atoms with Crippen LogP contribution in [0.1, 0.15) is 23.4 Å². The summed E-state index contributed by atoms with van der Waals surface area (Å²) in [5.74, 6) is 0.261. The van der Waals surface area contributed by atoms with Crippen LogP contribution in [0.5, 0.6) is 5.75 Å². The van der Waals surface area contributed by atoms with Gasteiger partial charge in [-0.2, -0.15) is 18.3 Å². The first-order chi connectivity index (χ1) is 16.5. The number of rotatable bonds is 8. The molecule has 11 heteroatoms. The predicted molar refractivity (Wildman–Crippen MR) is 125 cm³/mol. The maximum atomic E-state index is 12.9. The number of aromatic nitrogens is 2. The largest absolute Gasteiger partial charge is 0.489 e. The smallest absolute Gasteiger partial charge is 0.416 e. The Morgan fingerprint density at radius 3 is 2.37 bits per heavy atom. The van der Waals surface area contributed by atoms with Crippen molar-refractivity contribution in [3.8, 4) is 11.4 Å². The number of nitrogens with one attached hydrogen (secondary N) is 2. The molecular formula is C24H27F3N4O3S. The third-order valence-electron chi connectivity index (χ3n) is 5.97. The van der Waals surface area contributed by atoms with Crippen molar-refractivity contribution in [2.45, 2.75) is 37.4 Å². The average molecular weight is 509 g/mol. The molecule has 7 nitrogen and oxygen atoms in total. The van der Waals surface area contributed by atoms with Gasteiger partial charge in [0, 0.05) is 24.7 Å². The molecule has 0 spiro atoms. The maximum absolute atomic E-state index is 12.9. The van der Waals surface area contributed by atoms with E-state index in [1.165, 1.54) is 24.3 Å². The second kappa shape index (κ2) is 10.00. The van der Waals surface area contributed by atoms with Crippen molar-refractivity contribution >= 4 is 10.0 Å². The molecule has 1 aliphatic heterocycles. The molecule has 1 unspecified atom stereocenters. The van der Waals surface area contributed by atoms with Crippen LogP contribution in [0.3, 0.4) is 0 Å². The fourth-order valence-electron chi connectivity index (χ4n) is 4.13. The molecule has 188 valence electrons. The molecule has 1 fully saturated rings. The van der Waals surface area contributed by atoms with Gasteiger partial charge in [0.25, 0.3) is 0 Å². The lowest BCUT2D eigenvalue weighted by molar-refractivity contribution is -0.137. The lowest BCUT2D eigenvalue weighted by Gasteiger charge is -2.25. The van der Waals surface area contributed by atoms with Crippen molar-refractivity contribution in [1.29, 1.82) is 0 Å². The number of sulfonamides is 1. The van der Waals surface area contributed by atoms with Crippen molar-refractivity contribution in [3.05, 3.63) is 71.5 Å². The minimum atomic E-state index is -4.44. The topological polar surface area (TPSA) is 85.2 Å². The second-order valence-corrected chi connectivity index (χ2v) is 10.4. The van der Waals surface area contributed by atoms with Gasteiger partial charge in [-0.05, 0) is 81.4 Å². The fraction of sp³-hybridized carbons (Fsp3) is 0.375. The lowest BCUT2D eigenvalue weighted by Crippen LogP contribution is -2.40. The van der Waals surface area contributed by atoms with E-state index < -0.39 is 27.9 Å². The maximum Gasteiger partial charge on any atom is 0.416 e. The highest BCUT2D eigenvalue weighted by Crippen LogP contribution is 2.31. The molecule has 2 N–H and O–H groups in total.